The van der Waals surface area contributed by atoms with Crippen LogP contribution in [0, 0.1) is 0 Å². The standard InChI is InChI=1S/C16H16N4O2/c1-11(15-19-18-14-8-3-4-9-20(14)15)17-16(21)12-6-5-7-13(10-12)22-2/h3-11H,1-2H3,(H,17,21). The second-order valence-corrected chi connectivity index (χ2v) is 4.91. The molecule has 0 aliphatic rings. The van der Waals surface area contributed by atoms with Gasteiger partial charge in [-0.1, -0.05) is 12.1 Å². The van der Waals surface area contributed by atoms with Gasteiger partial charge in [0.2, 0.25) is 0 Å². The molecular weight excluding hydrogens is 280 g/mol. The highest BCUT2D eigenvalue weighted by molar-refractivity contribution is 5.94. The highest BCUT2D eigenvalue weighted by atomic mass is 16.5. The minimum Gasteiger partial charge on any atom is -0.497 e. The first-order valence-electron chi connectivity index (χ1n) is 6.93. The van der Waals surface area contributed by atoms with Gasteiger partial charge in [-0.3, -0.25) is 9.20 Å². The lowest BCUT2D eigenvalue weighted by atomic mass is 10.2. The van der Waals surface area contributed by atoms with Gasteiger partial charge in [0.1, 0.15) is 5.75 Å². The van der Waals surface area contributed by atoms with E-state index < -0.39 is 0 Å². The van der Waals surface area contributed by atoms with Crippen molar-refractivity contribution in [1.29, 1.82) is 0 Å². The lowest BCUT2D eigenvalue weighted by molar-refractivity contribution is 0.0937. The Morgan fingerprint density at radius 3 is 2.91 bits per heavy atom. The lowest BCUT2D eigenvalue weighted by Crippen LogP contribution is -2.28. The van der Waals surface area contributed by atoms with Gasteiger partial charge in [-0.15, -0.1) is 10.2 Å². The number of aromatic nitrogens is 3. The predicted octanol–water partition coefficient (Wildman–Crippen LogP) is 2.23. The molecule has 0 radical (unpaired) electrons. The fraction of sp³-hybridized carbons (Fsp3) is 0.188. The third kappa shape index (κ3) is 2.63. The molecule has 1 unspecified atom stereocenters. The minimum absolute atomic E-state index is 0.181. The van der Waals surface area contributed by atoms with Crippen molar-refractivity contribution < 1.29 is 9.53 Å². The number of fused-ring (bicyclic) bond motifs is 1. The van der Waals surface area contributed by atoms with E-state index in [-0.39, 0.29) is 11.9 Å². The van der Waals surface area contributed by atoms with Crippen LogP contribution < -0.4 is 10.1 Å². The van der Waals surface area contributed by atoms with Crippen molar-refractivity contribution in [2.24, 2.45) is 0 Å². The van der Waals surface area contributed by atoms with Gasteiger partial charge in [0.15, 0.2) is 11.5 Å². The maximum Gasteiger partial charge on any atom is 0.251 e. The minimum atomic E-state index is -0.267. The van der Waals surface area contributed by atoms with Crippen molar-refractivity contribution in [3.63, 3.8) is 0 Å². The molecule has 0 aliphatic carbocycles. The molecule has 6 heteroatoms. The Kier molecular flexibility index (Phi) is 3.74. The molecule has 0 fully saturated rings. The Labute approximate surface area is 127 Å². The van der Waals surface area contributed by atoms with Gasteiger partial charge < -0.3 is 10.1 Å². The van der Waals surface area contributed by atoms with Crippen molar-refractivity contribution in [2.45, 2.75) is 13.0 Å². The van der Waals surface area contributed by atoms with Gasteiger partial charge in [-0.05, 0) is 37.3 Å². The average molecular weight is 296 g/mol. The third-order valence-corrected chi connectivity index (χ3v) is 3.41. The molecule has 1 atom stereocenters. The van der Waals surface area contributed by atoms with E-state index in [2.05, 4.69) is 15.5 Å². The molecule has 1 aromatic carbocycles. The summed E-state index contributed by atoms with van der Waals surface area (Å²) in [4.78, 5) is 12.3. The molecule has 0 spiro atoms. The molecular formula is C16H16N4O2. The van der Waals surface area contributed by atoms with Crippen molar-refractivity contribution in [2.75, 3.05) is 7.11 Å². The van der Waals surface area contributed by atoms with Gasteiger partial charge in [0, 0.05) is 11.8 Å². The van der Waals surface area contributed by atoms with Gasteiger partial charge in [0.05, 0.1) is 13.2 Å². The Morgan fingerprint density at radius 2 is 2.09 bits per heavy atom. The topological polar surface area (TPSA) is 68.5 Å². The van der Waals surface area contributed by atoms with Crippen LogP contribution in [0.5, 0.6) is 5.75 Å². The van der Waals surface area contributed by atoms with Crippen LogP contribution in [0.15, 0.2) is 48.7 Å². The van der Waals surface area contributed by atoms with Crippen LogP contribution in [0.3, 0.4) is 0 Å². The molecule has 0 bridgehead atoms. The number of carbonyl (C=O) groups is 1. The highest BCUT2D eigenvalue weighted by Crippen LogP contribution is 2.15. The van der Waals surface area contributed by atoms with Crippen LogP contribution in [-0.2, 0) is 0 Å². The first kappa shape index (κ1) is 14.1. The van der Waals surface area contributed by atoms with E-state index in [0.29, 0.717) is 17.1 Å². The van der Waals surface area contributed by atoms with Crippen molar-refractivity contribution >= 4 is 11.6 Å². The Morgan fingerprint density at radius 1 is 1.23 bits per heavy atom. The largest absolute Gasteiger partial charge is 0.497 e. The number of nitrogens with one attached hydrogen (secondary N) is 1. The predicted molar refractivity (Wildman–Crippen MR) is 81.9 cm³/mol. The number of rotatable bonds is 4. The van der Waals surface area contributed by atoms with Gasteiger partial charge in [-0.2, -0.15) is 0 Å². The van der Waals surface area contributed by atoms with Crippen LogP contribution in [0.2, 0.25) is 0 Å². The Hall–Kier alpha value is -2.89. The average Bonchev–Trinajstić information content (AvgIpc) is 2.99. The SMILES string of the molecule is COc1cccc(C(=O)NC(C)c2nnc3ccccn23)c1. The van der Waals surface area contributed by atoms with E-state index in [1.165, 1.54) is 0 Å². The van der Waals surface area contributed by atoms with E-state index in [0.717, 1.165) is 5.65 Å². The number of ether oxygens (including phenoxy) is 1. The lowest BCUT2D eigenvalue weighted by Gasteiger charge is -2.12. The molecule has 1 amide bonds. The molecule has 0 aliphatic heterocycles. The van der Waals surface area contributed by atoms with Crippen LogP contribution in [0.1, 0.15) is 29.1 Å². The zero-order valence-electron chi connectivity index (χ0n) is 12.4. The summed E-state index contributed by atoms with van der Waals surface area (Å²) in [5, 5.41) is 11.2. The summed E-state index contributed by atoms with van der Waals surface area (Å²) in [6, 6.07) is 12.4. The monoisotopic (exact) mass is 296 g/mol. The molecule has 1 N–H and O–H groups in total. The van der Waals surface area contributed by atoms with Gasteiger partial charge in [0.25, 0.3) is 5.91 Å². The molecule has 6 nitrogen and oxygen atoms in total. The summed E-state index contributed by atoms with van der Waals surface area (Å²) in [6.45, 7) is 1.88. The van der Waals surface area contributed by atoms with E-state index in [4.69, 9.17) is 4.74 Å². The van der Waals surface area contributed by atoms with Gasteiger partial charge in [-0.25, -0.2) is 0 Å². The maximum absolute atomic E-state index is 12.3. The molecule has 112 valence electrons. The smallest absolute Gasteiger partial charge is 0.251 e. The number of amides is 1. The number of carbonyl (C=O) groups excluding carboxylic acids is 1. The van der Waals surface area contributed by atoms with E-state index >= 15 is 0 Å². The Bertz CT molecular complexity index is 813. The van der Waals surface area contributed by atoms with Crippen LogP contribution in [0.4, 0.5) is 0 Å². The van der Waals surface area contributed by atoms with Crippen LogP contribution >= 0.6 is 0 Å². The van der Waals surface area contributed by atoms with Crippen molar-refractivity contribution in [3.8, 4) is 5.75 Å². The third-order valence-electron chi connectivity index (χ3n) is 3.41. The normalized spacial score (nSPS) is 12.1. The van der Waals surface area contributed by atoms with Crippen molar-refractivity contribution in [3.05, 3.63) is 60.0 Å². The summed E-state index contributed by atoms with van der Waals surface area (Å²) in [5.41, 5.74) is 1.29. The molecule has 0 saturated carbocycles. The second kappa shape index (κ2) is 5.85. The maximum atomic E-state index is 12.3. The zero-order valence-corrected chi connectivity index (χ0v) is 12.4. The highest BCUT2D eigenvalue weighted by Gasteiger charge is 2.16. The molecule has 22 heavy (non-hydrogen) atoms. The van der Waals surface area contributed by atoms with Crippen molar-refractivity contribution in [1.82, 2.24) is 19.9 Å². The number of benzene rings is 1. The number of hydrogen-bond donors (Lipinski definition) is 1. The summed E-state index contributed by atoms with van der Waals surface area (Å²) in [5.74, 6) is 1.15. The quantitative estimate of drug-likeness (QED) is 0.801. The number of pyridine rings is 1. The summed E-state index contributed by atoms with van der Waals surface area (Å²) >= 11 is 0. The molecule has 3 aromatic rings. The summed E-state index contributed by atoms with van der Waals surface area (Å²) in [6.07, 6.45) is 1.87. The molecule has 2 heterocycles. The van der Waals surface area contributed by atoms with E-state index in [1.807, 2.05) is 35.7 Å². The molecule has 0 saturated heterocycles. The fourth-order valence-electron chi connectivity index (χ4n) is 2.26. The number of nitrogens with zero attached hydrogens (tertiary/aromatic N) is 3. The summed E-state index contributed by atoms with van der Waals surface area (Å²) in [7, 11) is 1.57. The van der Waals surface area contributed by atoms with Crippen LogP contribution in [-0.4, -0.2) is 27.6 Å². The number of methoxy groups -OCH3 is 1. The zero-order chi connectivity index (χ0) is 15.5. The van der Waals surface area contributed by atoms with E-state index in [9.17, 15) is 4.79 Å². The molecule has 2 aromatic heterocycles. The fourth-order valence-corrected chi connectivity index (χ4v) is 2.26. The Balaban J connectivity index is 1.81. The van der Waals surface area contributed by atoms with E-state index in [1.54, 1.807) is 31.4 Å². The first-order chi connectivity index (χ1) is 10.7. The second-order valence-electron chi connectivity index (χ2n) is 4.91. The van der Waals surface area contributed by atoms with Gasteiger partial charge >= 0.3 is 0 Å². The summed E-state index contributed by atoms with van der Waals surface area (Å²) < 4.78 is 6.99. The molecule has 3 rings (SSSR count). The van der Waals surface area contributed by atoms with Crippen LogP contribution in [0.25, 0.3) is 5.65 Å². The number of hydrogen-bond acceptors (Lipinski definition) is 4. The first-order valence-corrected chi connectivity index (χ1v) is 6.93.